The molecule has 5 saturated carbocycles. The Balaban J connectivity index is 1.60. The monoisotopic (exact) mass is 414 g/mol. The highest BCUT2D eigenvalue weighted by molar-refractivity contribution is 5.82. The molecule has 0 aliphatic heterocycles. The van der Waals surface area contributed by atoms with E-state index in [0.29, 0.717) is 38.5 Å². The molecular weight excluding hydrogens is 386 g/mol. The average Bonchev–Trinajstić information content (AvgIpc) is 2.67. The van der Waals surface area contributed by atoms with Gasteiger partial charge in [-0.25, -0.2) is 4.79 Å². The first-order valence-corrected chi connectivity index (χ1v) is 10.6. The van der Waals surface area contributed by atoms with Gasteiger partial charge in [-0.05, 0) is 75.5 Å². The molecular formula is C21H28F2O6. The number of carbonyl (C=O) groups is 3. The normalized spacial score (nSPS) is 37.8. The van der Waals surface area contributed by atoms with Crippen LogP contribution in [0.4, 0.5) is 8.78 Å². The van der Waals surface area contributed by atoms with Gasteiger partial charge in [0.2, 0.25) is 0 Å². The Labute approximate surface area is 168 Å². The summed E-state index contributed by atoms with van der Waals surface area (Å²) in [6.07, 6.45) is 4.33. The minimum absolute atomic E-state index is 0.0106. The minimum Gasteiger partial charge on any atom is -0.477 e. The number of hydrogen-bond donors (Lipinski definition) is 1. The number of rotatable bonds is 5. The van der Waals surface area contributed by atoms with Crippen LogP contribution in [0.2, 0.25) is 0 Å². The van der Waals surface area contributed by atoms with E-state index in [1.807, 2.05) is 0 Å². The molecule has 0 radical (unpaired) electrons. The van der Waals surface area contributed by atoms with Crippen molar-refractivity contribution in [3.8, 4) is 0 Å². The molecule has 5 rings (SSSR count). The molecule has 0 aromatic rings. The number of hydrogen-bond acceptors (Lipinski definition) is 5. The van der Waals surface area contributed by atoms with E-state index in [2.05, 4.69) is 0 Å². The second kappa shape index (κ2) is 6.91. The maximum absolute atomic E-state index is 14.7. The molecule has 4 bridgehead atoms. The van der Waals surface area contributed by atoms with Crippen LogP contribution < -0.4 is 0 Å². The lowest BCUT2D eigenvalue weighted by Crippen LogP contribution is -2.61. The molecule has 2 unspecified atom stereocenters. The second-order valence-electron chi connectivity index (χ2n) is 9.62. The largest absolute Gasteiger partial charge is 0.477 e. The summed E-state index contributed by atoms with van der Waals surface area (Å²) in [4.78, 5) is 36.9. The van der Waals surface area contributed by atoms with Crippen LogP contribution in [0.3, 0.4) is 0 Å². The van der Waals surface area contributed by atoms with Gasteiger partial charge < -0.3 is 14.6 Å². The first kappa shape index (κ1) is 20.5. The van der Waals surface area contributed by atoms with Gasteiger partial charge in [-0.1, -0.05) is 6.42 Å². The molecule has 5 aliphatic carbocycles. The zero-order valence-corrected chi connectivity index (χ0v) is 16.6. The lowest BCUT2D eigenvalue weighted by Gasteiger charge is -2.58. The standard InChI is InChI=1S/C21H28F2O6/c1-28-16(24)15-13-7-12-8-14(15)11-19(9-12,10-13)18(27)29-20(5-3-2-4-6-20)21(22,23)17(25)26/h12-15H,2-11H2,1H3,(H,25,26). The van der Waals surface area contributed by atoms with Crippen LogP contribution in [-0.4, -0.2) is 41.6 Å². The van der Waals surface area contributed by atoms with Gasteiger partial charge >= 0.3 is 23.8 Å². The molecule has 0 spiro atoms. The van der Waals surface area contributed by atoms with E-state index in [0.717, 1.165) is 12.8 Å². The first-order chi connectivity index (χ1) is 13.6. The van der Waals surface area contributed by atoms with Crippen molar-refractivity contribution in [3.63, 3.8) is 0 Å². The predicted molar refractivity (Wildman–Crippen MR) is 96.0 cm³/mol. The van der Waals surface area contributed by atoms with Crippen LogP contribution in [0, 0.1) is 29.1 Å². The van der Waals surface area contributed by atoms with Crippen LogP contribution in [0.15, 0.2) is 0 Å². The molecule has 5 fully saturated rings. The van der Waals surface area contributed by atoms with E-state index in [9.17, 15) is 23.2 Å². The Bertz CT molecular complexity index is 698. The maximum Gasteiger partial charge on any atom is 0.381 e. The summed E-state index contributed by atoms with van der Waals surface area (Å²) in [5, 5.41) is 9.14. The number of aliphatic carboxylic acids is 1. The van der Waals surface area contributed by atoms with Crippen molar-refractivity contribution in [2.24, 2.45) is 29.1 Å². The van der Waals surface area contributed by atoms with Crippen molar-refractivity contribution in [1.82, 2.24) is 0 Å². The molecule has 8 heteroatoms. The number of alkyl halides is 2. The number of esters is 2. The summed E-state index contributed by atoms with van der Waals surface area (Å²) in [5.74, 6) is -7.33. The molecule has 6 nitrogen and oxygen atoms in total. The van der Waals surface area contributed by atoms with E-state index in [4.69, 9.17) is 14.6 Å². The minimum atomic E-state index is -4.13. The molecule has 2 atom stereocenters. The lowest BCUT2D eigenvalue weighted by atomic mass is 9.46. The fourth-order valence-electron chi connectivity index (χ4n) is 6.88. The van der Waals surface area contributed by atoms with Crippen LogP contribution in [0.1, 0.15) is 64.2 Å². The Morgan fingerprint density at radius 2 is 1.59 bits per heavy atom. The number of carboxylic acid groups (broad SMARTS) is 1. The molecule has 5 aliphatic rings. The van der Waals surface area contributed by atoms with E-state index in [-0.39, 0.29) is 42.5 Å². The van der Waals surface area contributed by atoms with Crippen LogP contribution in [0.25, 0.3) is 0 Å². The number of methoxy groups -OCH3 is 1. The molecule has 29 heavy (non-hydrogen) atoms. The Morgan fingerprint density at radius 3 is 2.10 bits per heavy atom. The van der Waals surface area contributed by atoms with Gasteiger partial charge in [0.05, 0.1) is 18.4 Å². The topological polar surface area (TPSA) is 89.9 Å². The van der Waals surface area contributed by atoms with Gasteiger partial charge in [-0.15, -0.1) is 0 Å². The van der Waals surface area contributed by atoms with Gasteiger partial charge in [-0.2, -0.15) is 8.78 Å². The van der Waals surface area contributed by atoms with Crippen molar-refractivity contribution >= 4 is 17.9 Å². The summed E-state index contributed by atoms with van der Waals surface area (Å²) in [6, 6.07) is 0. The quantitative estimate of drug-likeness (QED) is 0.692. The first-order valence-electron chi connectivity index (χ1n) is 10.6. The Hall–Kier alpha value is -1.73. The summed E-state index contributed by atoms with van der Waals surface area (Å²) >= 11 is 0. The highest BCUT2D eigenvalue weighted by Crippen LogP contribution is 2.63. The smallest absolute Gasteiger partial charge is 0.381 e. The summed E-state index contributed by atoms with van der Waals surface area (Å²) in [5.41, 5.74) is -3.17. The highest BCUT2D eigenvalue weighted by Gasteiger charge is 2.66. The zero-order chi connectivity index (χ0) is 21.0. The number of halogens is 2. The molecule has 162 valence electrons. The van der Waals surface area contributed by atoms with E-state index >= 15 is 0 Å². The maximum atomic E-state index is 14.7. The molecule has 0 saturated heterocycles. The molecule has 0 heterocycles. The van der Waals surface area contributed by atoms with E-state index in [1.165, 1.54) is 7.11 Å². The SMILES string of the molecule is COC(=O)C1C2CC3CC1CC(C(=O)OC1(C(F)(F)C(=O)O)CCCCC1)(C3)C2. The number of ether oxygens (including phenoxy) is 2. The van der Waals surface area contributed by atoms with Gasteiger partial charge in [0, 0.05) is 0 Å². The highest BCUT2D eigenvalue weighted by atomic mass is 19.3. The van der Waals surface area contributed by atoms with Gasteiger partial charge in [0.1, 0.15) is 0 Å². The summed E-state index contributed by atoms with van der Waals surface area (Å²) < 4.78 is 39.9. The third-order valence-corrected chi connectivity index (χ3v) is 7.97. The molecule has 0 aromatic heterocycles. The molecule has 1 N–H and O–H groups in total. The Kier molecular flexibility index (Phi) is 4.89. The summed E-state index contributed by atoms with van der Waals surface area (Å²) in [6.45, 7) is 0. The fourth-order valence-corrected chi connectivity index (χ4v) is 6.88. The van der Waals surface area contributed by atoms with E-state index in [1.54, 1.807) is 0 Å². The zero-order valence-electron chi connectivity index (χ0n) is 16.6. The van der Waals surface area contributed by atoms with Crippen molar-refractivity contribution in [3.05, 3.63) is 0 Å². The van der Waals surface area contributed by atoms with Gasteiger partial charge in [0.15, 0.2) is 5.60 Å². The van der Waals surface area contributed by atoms with Crippen LogP contribution in [-0.2, 0) is 23.9 Å². The van der Waals surface area contributed by atoms with Gasteiger partial charge in [-0.3, -0.25) is 9.59 Å². The van der Waals surface area contributed by atoms with E-state index < -0.39 is 28.9 Å². The number of carboxylic acids is 1. The predicted octanol–water partition coefficient (Wildman–Crippen LogP) is 3.57. The molecule has 0 aromatic carbocycles. The van der Waals surface area contributed by atoms with Crippen molar-refractivity contribution in [2.75, 3.05) is 7.11 Å². The third kappa shape index (κ3) is 3.05. The summed E-state index contributed by atoms with van der Waals surface area (Å²) in [7, 11) is 1.36. The van der Waals surface area contributed by atoms with Crippen LogP contribution >= 0.6 is 0 Å². The average molecular weight is 414 g/mol. The lowest BCUT2D eigenvalue weighted by molar-refractivity contribution is -0.242. The van der Waals surface area contributed by atoms with Gasteiger partial charge in [0.25, 0.3) is 0 Å². The fraction of sp³-hybridized carbons (Fsp3) is 0.857. The molecule has 0 amide bonds. The van der Waals surface area contributed by atoms with Crippen LogP contribution in [0.5, 0.6) is 0 Å². The second-order valence-corrected chi connectivity index (χ2v) is 9.62. The Morgan fingerprint density at radius 1 is 1.00 bits per heavy atom. The third-order valence-electron chi connectivity index (χ3n) is 7.97. The number of carbonyl (C=O) groups excluding carboxylic acids is 2. The van der Waals surface area contributed by atoms with Crippen molar-refractivity contribution < 1.29 is 37.7 Å². The van der Waals surface area contributed by atoms with Crippen molar-refractivity contribution in [2.45, 2.75) is 75.7 Å². The van der Waals surface area contributed by atoms with Crippen molar-refractivity contribution in [1.29, 1.82) is 0 Å².